The van der Waals surface area contributed by atoms with Gasteiger partial charge in [-0.25, -0.2) is 0 Å². The lowest BCUT2D eigenvalue weighted by Gasteiger charge is -2.28. The monoisotopic (exact) mass is 399 g/mol. The summed E-state index contributed by atoms with van der Waals surface area (Å²) in [5.74, 6) is 0.343. The van der Waals surface area contributed by atoms with Crippen molar-refractivity contribution in [3.63, 3.8) is 0 Å². The van der Waals surface area contributed by atoms with Crippen molar-refractivity contribution in [3.05, 3.63) is 65.7 Å². The molecule has 0 aliphatic rings. The molecule has 0 saturated carbocycles. The molecule has 4 rings (SSSR count). The van der Waals surface area contributed by atoms with E-state index in [1.54, 1.807) is 0 Å². The third-order valence-corrected chi connectivity index (χ3v) is 5.64. The van der Waals surface area contributed by atoms with E-state index in [0.717, 1.165) is 38.9 Å². The van der Waals surface area contributed by atoms with Gasteiger partial charge >= 0.3 is 0 Å². The van der Waals surface area contributed by atoms with E-state index in [2.05, 4.69) is 87.3 Å². The van der Waals surface area contributed by atoms with Gasteiger partial charge in [0.2, 0.25) is 0 Å². The second kappa shape index (κ2) is 6.98. The summed E-state index contributed by atoms with van der Waals surface area (Å²) in [6, 6.07) is 18.5. The molecule has 4 heteroatoms. The number of hydrogen-bond acceptors (Lipinski definition) is 3. The number of aromatic amines is 1. The summed E-state index contributed by atoms with van der Waals surface area (Å²) in [5, 5.41) is 22.7. The maximum Gasteiger partial charge on any atom is 0.127 e. The van der Waals surface area contributed by atoms with Crippen molar-refractivity contribution in [2.75, 3.05) is 0 Å². The van der Waals surface area contributed by atoms with Crippen molar-refractivity contribution in [1.29, 1.82) is 0 Å². The van der Waals surface area contributed by atoms with Crippen LogP contribution in [0, 0.1) is 0 Å². The molecule has 0 bridgehead atoms. The fraction of sp³-hybridized carbons (Fsp3) is 0.308. The first-order chi connectivity index (χ1) is 14.1. The quantitative estimate of drug-likeness (QED) is 0.399. The SMILES string of the molecule is CC(C)(C)c1cc(-c2ccccc2-c2cccc3n[nH]nc23)c(O)c(C(C)(C)C)c1. The number of rotatable bonds is 2. The summed E-state index contributed by atoms with van der Waals surface area (Å²) < 4.78 is 0. The molecule has 0 spiro atoms. The molecule has 0 radical (unpaired) electrons. The van der Waals surface area contributed by atoms with Gasteiger partial charge in [0.05, 0.1) is 0 Å². The van der Waals surface area contributed by atoms with E-state index in [4.69, 9.17) is 0 Å². The number of H-pyrrole nitrogens is 1. The molecule has 1 heterocycles. The van der Waals surface area contributed by atoms with Gasteiger partial charge in [0.15, 0.2) is 0 Å². The van der Waals surface area contributed by atoms with E-state index < -0.39 is 0 Å². The topological polar surface area (TPSA) is 61.8 Å². The predicted octanol–water partition coefficient (Wildman–Crippen LogP) is 6.59. The van der Waals surface area contributed by atoms with Crippen LogP contribution < -0.4 is 0 Å². The van der Waals surface area contributed by atoms with E-state index >= 15 is 0 Å². The minimum atomic E-state index is -0.179. The number of aromatic nitrogens is 3. The normalized spacial score (nSPS) is 12.5. The van der Waals surface area contributed by atoms with Gasteiger partial charge in [0, 0.05) is 16.7 Å². The van der Waals surface area contributed by atoms with E-state index in [9.17, 15) is 5.11 Å². The number of benzene rings is 3. The van der Waals surface area contributed by atoms with Gasteiger partial charge in [-0.1, -0.05) is 84.0 Å². The minimum Gasteiger partial charge on any atom is -0.507 e. The third kappa shape index (κ3) is 3.47. The average molecular weight is 400 g/mol. The second-order valence-electron chi connectivity index (χ2n) is 9.96. The molecule has 0 amide bonds. The van der Waals surface area contributed by atoms with Gasteiger partial charge in [-0.2, -0.15) is 15.4 Å². The molecule has 0 fully saturated rings. The van der Waals surface area contributed by atoms with E-state index in [1.165, 1.54) is 5.56 Å². The standard InChI is InChI=1S/C26H29N3O/c1-25(2,3)16-14-20(24(30)21(15-16)26(4,5)6)18-11-8-7-10-17(18)19-12-9-13-22-23(19)28-29-27-22/h7-15,30H,1-6H3,(H,27,28,29). The number of phenols is 1. The summed E-state index contributed by atoms with van der Waals surface area (Å²) in [6.07, 6.45) is 0. The highest BCUT2D eigenvalue weighted by atomic mass is 16.3. The zero-order valence-electron chi connectivity index (χ0n) is 18.5. The number of para-hydroxylation sites is 1. The van der Waals surface area contributed by atoms with Crippen LogP contribution >= 0.6 is 0 Å². The number of fused-ring (bicyclic) bond motifs is 1. The average Bonchev–Trinajstić information content (AvgIpc) is 3.15. The molecule has 3 aromatic carbocycles. The Morgan fingerprint density at radius 2 is 1.33 bits per heavy atom. The lowest BCUT2D eigenvalue weighted by Crippen LogP contribution is -2.17. The van der Waals surface area contributed by atoms with Gasteiger partial charge < -0.3 is 5.11 Å². The van der Waals surface area contributed by atoms with Crippen LogP contribution in [0.3, 0.4) is 0 Å². The van der Waals surface area contributed by atoms with Gasteiger partial charge in [-0.3, -0.25) is 0 Å². The van der Waals surface area contributed by atoms with Crippen LogP contribution in [-0.2, 0) is 10.8 Å². The van der Waals surface area contributed by atoms with Crippen molar-refractivity contribution in [2.45, 2.75) is 52.4 Å². The Morgan fingerprint density at radius 3 is 1.97 bits per heavy atom. The lowest BCUT2D eigenvalue weighted by molar-refractivity contribution is 0.446. The molecule has 30 heavy (non-hydrogen) atoms. The molecular weight excluding hydrogens is 370 g/mol. The number of phenolic OH excluding ortho intramolecular Hbond substituents is 1. The zero-order chi connectivity index (χ0) is 21.7. The van der Waals surface area contributed by atoms with Crippen molar-refractivity contribution < 1.29 is 5.11 Å². The summed E-state index contributed by atoms with van der Waals surface area (Å²) in [7, 11) is 0. The summed E-state index contributed by atoms with van der Waals surface area (Å²) in [4.78, 5) is 0. The first-order valence-corrected chi connectivity index (χ1v) is 10.3. The fourth-order valence-corrected chi connectivity index (χ4v) is 3.88. The molecule has 4 nitrogen and oxygen atoms in total. The Morgan fingerprint density at radius 1 is 0.700 bits per heavy atom. The molecule has 0 aliphatic carbocycles. The van der Waals surface area contributed by atoms with E-state index in [-0.39, 0.29) is 10.8 Å². The van der Waals surface area contributed by atoms with E-state index in [0.29, 0.717) is 5.75 Å². The second-order valence-corrected chi connectivity index (χ2v) is 9.96. The highest BCUT2D eigenvalue weighted by molar-refractivity contribution is 5.97. The Kier molecular flexibility index (Phi) is 4.69. The van der Waals surface area contributed by atoms with Gasteiger partial charge in [-0.15, -0.1) is 0 Å². The van der Waals surface area contributed by atoms with Crippen LogP contribution in [0.4, 0.5) is 0 Å². The summed E-state index contributed by atoms with van der Waals surface area (Å²) in [5.41, 5.74) is 7.45. The zero-order valence-corrected chi connectivity index (χ0v) is 18.5. The summed E-state index contributed by atoms with van der Waals surface area (Å²) >= 11 is 0. The Bertz CT molecular complexity index is 1220. The van der Waals surface area contributed by atoms with Crippen LogP contribution in [0.5, 0.6) is 5.75 Å². The van der Waals surface area contributed by atoms with Crippen molar-refractivity contribution >= 4 is 11.0 Å². The van der Waals surface area contributed by atoms with Gasteiger partial charge in [0.25, 0.3) is 0 Å². The fourth-order valence-electron chi connectivity index (χ4n) is 3.88. The first kappa shape index (κ1) is 20.1. The number of hydrogen-bond donors (Lipinski definition) is 2. The van der Waals surface area contributed by atoms with Crippen LogP contribution in [0.1, 0.15) is 52.7 Å². The summed E-state index contributed by atoms with van der Waals surface area (Å²) in [6.45, 7) is 13.0. The first-order valence-electron chi connectivity index (χ1n) is 10.3. The lowest BCUT2D eigenvalue weighted by atomic mass is 9.77. The smallest absolute Gasteiger partial charge is 0.127 e. The Balaban J connectivity index is 2.04. The minimum absolute atomic E-state index is 0.0382. The molecular formula is C26H29N3O. The van der Waals surface area contributed by atoms with Gasteiger partial charge in [-0.05, 0) is 39.7 Å². The highest BCUT2D eigenvalue weighted by Gasteiger charge is 2.26. The van der Waals surface area contributed by atoms with Crippen molar-refractivity contribution in [2.24, 2.45) is 0 Å². The molecule has 0 aliphatic heterocycles. The number of nitrogens with one attached hydrogen (secondary N) is 1. The molecule has 1 aromatic heterocycles. The van der Waals surface area contributed by atoms with Crippen LogP contribution in [0.25, 0.3) is 33.3 Å². The molecule has 154 valence electrons. The number of aromatic hydroxyl groups is 1. The molecule has 4 aromatic rings. The Hall–Kier alpha value is -3.14. The van der Waals surface area contributed by atoms with Gasteiger partial charge in [0.1, 0.15) is 16.8 Å². The molecule has 0 saturated heterocycles. The van der Waals surface area contributed by atoms with Crippen LogP contribution in [0.15, 0.2) is 54.6 Å². The maximum absolute atomic E-state index is 11.4. The highest BCUT2D eigenvalue weighted by Crippen LogP contribution is 2.45. The van der Waals surface area contributed by atoms with Crippen LogP contribution in [-0.4, -0.2) is 20.5 Å². The number of nitrogens with zero attached hydrogens (tertiary/aromatic N) is 2. The molecule has 0 unspecified atom stereocenters. The molecule has 2 N–H and O–H groups in total. The van der Waals surface area contributed by atoms with Crippen molar-refractivity contribution in [3.8, 4) is 28.0 Å². The van der Waals surface area contributed by atoms with E-state index in [1.807, 2.05) is 24.3 Å². The maximum atomic E-state index is 11.4. The third-order valence-electron chi connectivity index (χ3n) is 5.64. The molecule has 0 atom stereocenters. The largest absolute Gasteiger partial charge is 0.507 e. The predicted molar refractivity (Wildman–Crippen MR) is 124 cm³/mol. The van der Waals surface area contributed by atoms with Crippen molar-refractivity contribution in [1.82, 2.24) is 15.4 Å². The van der Waals surface area contributed by atoms with Crippen LogP contribution in [0.2, 0.25) is 0 Å². The Labute approximate surface area is 178 Å².